The van der Waals surface area contributed by atoms with E-state index in [2.05, 4.69) is 44.4 Å². The Hall–Kier alpha value is -0.870. The Bertz CT molecular complexity index is 391. The van der Waals surface area contributed by atoms with Crippen molar-refractivity contribution < 1.29 is 0 Å². The van der Waals surface area contributed by atoms with Crippen LogP contribution in [0.2, 0.25) is 0 Å². The van der Waals surface area contributed by atoms with E-state index >= 15 is 0 Å². The standard InChI is InChI=1S/C13H24N4/c1-12(2)11(13(12,3)4)10(16-14)6-9-7-15-17(5)8-9/h7-8,10-11,16H,6,14H2,1-5H3. The summed E-state index contributed by atoms with van der Waals surface area (Å²) in [6.45, 7) is 9.30. The molecule has 0 amide bonds. The number of hydrogen-bond donors (Lipinski definition) is 2. The van der Waals surface area contributed by atoms with Crippen LogP contribution in [-0.2, 0) is 13.5 Å². The maximum absolute atomic E-state index is 5.73. The quantitative estimate of drug-likeness (QED) is 0.615. The maximum Gasteiger partial charge on any atom is 0.0522 e. The number of nitrogens with zero attached hydrogens (tertiary/aromatic N) is 2. The van der Waals surface area contributed by atoms with Gasteiger partial charge in [-0.25, -0.2) is 0 Å². The van der Waals surface area contributed by atoms with Crippen LogP contribution in [0.1, 0.15) is 33.3 Å². The lowest BCUT2D eigenvalue weighted by molar-refractivity contribution is 0.402. The van der Waals surface area contributed by atoms with Crippen molar-refractivity contribution in [1.82, 2.24) is 15.2 Å². The van der Waals surface area contributed by atoms with E-state index in [9.17, 15) is 0 Å². The van der Waals surface area contributed by atoms with Crippen molar-refractivity contribution in [2.24, 2.45) is 29.6 Å². The second-order valence-corrected chi connectivity index (χ2v) is 6.42. The van der Waals surface area contributed by atoms with Gasteiger partial charge < -0.3 is 0 Å². The highest BCUT2D eigenvalue weighted by Gasteiger charge is 2.66. The Labute approximate surface area is 104 Å². The first-order valence-electron chi connectivity index (χ1n) is 6.24. The molecule has 4 heteroatoms. The van der Waals surface area contributed by atoms with Gasteiger partial charge in [-0.1, -0.05) is 27.7 Å². The Morgan fingerprint density at radius 2 is 2.00 bits per heavy atom. The van der Waals surface area contributed by atoms with E-state index in [0.717, 1.165) is 6.42 Å². The molecule has 0 bridgehead atoms. The van der Waals surface area contributed by atoms with Crippen LogP contribution >= 0.6 is 0 Å². The number of aryl methyl sites for hydroxylation is 1. The second kappa shape index (κ2) is 3.82. The van der Waals surface area contributed by atoms with Gasteiger partial charge >= 0.3 is 0 Å². The number of hydrogen-bond acceptors (Lipinski definition) is 3. The molecule has 1 heterocycles. The Kier molecular flexibility index (Phi) is 2.83. The molecule has 1 aromatic rings. The topological polar surface area (TPSA) is 55.9 Å². The highest BCUT2D eigenvalue weighted by Crippen LogP contribution is 2.69. The van der Waals surface area contributed by atoms with E-state index in [0.29, 0.717) is 22.8 Å². The van der Waals surface area contributed by atoms with Gasteiger partial charge in [0.2, 0.25) is 0 Å². The minimum atomic E-state index is 0.323. The summed E-state index contributed by atoms with van der Waals surface area (Å²) in [5.41, 5.74) is 4.95. The van der Waals surface area contributed by atoms with Crippen LogP contribution in [0, 0.1) is 16.7 Å². The molecule has 0 aromatic carbocycles. The summed E-state index contributed by atoms with van der Waals surface area (Å²) in [6, 6.07) is 0.323. The predicted octanol–water partition coefficient (Wildman–Crippen LogP) is 1.48. The average Bonchev–Trinajstić information content (AvgIpc) is 2.55. The van der Waals surface area contributed by atoms with Gasteiger partial charge in [0, 0.05) is 19.3 Å². The molecular formula is C13H24N4. The molecular weight excluding hydrogens is 212 g/mol. The molecule has 17 heavy (non-hydrogen) atoms. The van der Waals surface area contributed by atoms with Crippen molar-refractivity contribution in [3.05, 3.63) is 18.0 Å². The highest BCUT2D eigenvalue weighted by molar-refractivity contribution is 5.19. The summed E-state index contributed by atoms with van der Waals surface area (Å²) in [5, 5.41) is 4.20. The SMILES string of the molecule is Cn1cc(CC(NN)C2C(C)(C)C2(C)C)cn1. The molecule has 0 radical (unpaired) electrons. The summed E-state index contributed by atoms with van der Waals surface area (Å²) in [6.07, 6.45) is 4.93. The minimum absolute atomic E-state index is 0.323. The van der Waals surface area contributed by atoms with Crippen LogP contribution in [0.4, 0.5) is 0 Å². The van der Waals surface area contributed by atoms with Crippen LogP contribution in [0.25, 0.3) is 0 Å². The molecule has 1 fully saturated rings. The summed E-state index contributed by atoms with van der Waals surface area (Å²) in [7, 11) is 1.94. The van der Waals surface area contributed by atoms with E-state index in [1.807, 2.05) is 17.9 Å². The van der Waals surface area contributed by atoms with E-state index < -0.39 is 0 Å². The van der Waals surface area contributed by atoms with Crippen LogP contribution in [-0.4, -0.2) is 15.8 Å². The van der Waals surface area contributed by atoms with Gasteiger partial charge in [-0.2, -0.15) is 5.10 Å². The molecule has 1 aliphatic carbocycles. The molecule has 1 aliphatic rings. The van der Waals surface area contributed by atoms with Crippen molar-refractivity contribution in [3.8, 4) is 0 Å². The first-order chi connectivity index (χ1) is 7.80. The van der Waals surface area contributed by atoms with Gasteiger partial charge in [0.25, 0.3) is 0 Å². The van der Waals surface area contributed by atoms with E-state index in [-0.39, 0.29) is 0 Å². The molecule has 96 valence electrons. The van der Waals surface area contributed by atoms with Crippen LogP contribution in [0.15, 0.2) is 12.4 Å². The maximum atomic E-state index is 5.73. The number of aromatic nitrogens is 2. The van der Waals surface area contributed by atoms with Crippen molar-refractivity contribution in [3.63, 3.8) is 0 Å². The molecule has 3 N–H and O–H groups in total. The predicted molar refractivity (Wildman–Crippen MR) is 69.1 cm³/mol. The number of nitrogens with one attached hydrogen (secondary N) is 1. The zero-order valence-electron chi connectivity index (χ0n) is 11.5. The second-order valence-electron chi connectivity index (χ2n) is 6.42. The van der Waals surface area contributed by atoms with Crippen LogP contribution < -0.4 is 11.3 Å². The molecule has 2 rings (SSSR count). The smallest absolute Gasteiger partial charge is 0.0522 e. The third-order valence-corrected chi connectivity index (χ3v) is 4.96. The first kappa shape index (κ1) is 12.6. The molecule has 1 unspecified atom stereocenters. The third kappa shape index (κ3) is 1.89. The summed E-state index contributed by atoms with van der Waals surface area (Å²) < 4.78 is 1.84. The first-order valence-corrected chi connectivity index (χ1v) is 6.24. The van der Waals surface area contributed by atoms with Gasteiger partial charge in [0.15, 0.2) is 0 Å². The summed E-state index contributed by atoms with van der Waals surface area (Å²) in [5.74, 6) is 6.34. The van der Waals surface area contributed by atoms with Gasteiger partial charge in [-0.05, 0) is 28.7 Å². The zero-order valence-corrected chi connectivity index (χ0v) is 11.5. The Balaban J connectivity index is 2.09. The average molecular weight is 236 g/mol. The molecule has 4 nitrogen and oxygen atoms in total. The number of rotatable bonds is 4. The van der Waals surface area contributed by atoms with E-state index in [1.54, 1.807) is 0 Å². The lowest BCUT2D eigenvalue weighted by Gasteiger charge is -2.17. The van der Waals surface area contributed by atoms with Crippen LogP contribution in [0.3, 0.4) is 0 Å². The van der Waals surface area contributed by atoms with Gasteiger partial charge in [-0.15, -0.1) is 0 Å². The third-order valence-electron chi connectivity index (χ3n) is 4.96. The lowest BCUT2D eigenvalue weighted by Crippen LogP contribution is -2.40. The zero-order chi connectivity index (χ0) is 12.8. The fraction of sp³-hybridized carbons (Fsp3) is 0.769. The largest absolute Gasteiger partial charge is 0.276 e. The van der Waals surface area contributed by atoms with Crippen molar-refractivity contribution in [2.45, 2.75) is 40.2 Å². The van der Waals surface area contributed by atoms with Gasteiger partial charge in [-0.3, -0.25) is 16.0 Å². The Morgan fingerprint density at radius 1 is 1.41 bits per heavy atom. The fourth-order valence-corrected chi connectivity index (χ4v) is 3.36. The van der Waals surface area contributed by atoms with E-state index in [4.69, 9.17) is 5.84 Å². The minimum Gasteiger partial charge on any atom is -0.276 e. The Morgan fingerprint density at radius 3 is 2.35 bits per heavy atom. The molecule has 0 saturated heterocycles. The van der Waals surface area contributed by atoms with Crippen LogP contribution in [0.5, 0.6) is 0 Å². The molecule has 0 spiro atoms. The fourth-order valence-electron chi connectivity index (χ4n) is 3.36. The normalized spacial score (nSPS) is 23.6. The summed E-state index contributed by atoms with van der Waals surface area (Å²) in [4.78, 5) is 0. The van der Waals surface area contributed by atoms with Crippen molar-refractivity contribution in [1.29, 1.82) is 0 Å². The number of nitrogens with two attached hydrogens (primary N) is 1. The monoisotopic (exact) mass is 236 g/mol. The van der Waals surface area contributed by atoms with Gasteiger partial charge in [0.05, 0.1) is 6.20 Å². The lowest BCUT2D eigenvalue weighted by atomic mass is 9.99. The molecule has 1 saturated carbocycles. The molecule has 1 aromatic heterocycles. The molecule has 1 atom stereocenters. The van der Waals surface area contributed by atoms with Crippen molar-refractivity contribution >= 4 is 0 Å². The van der Waals surface area contributed by atoms with E-state index in [1.165, 1.54) is 5.56 Å². The summed E-state index contributed by atoms with van der Waals surface area (Å²) >= 11 is 0. The molecule has 0 aliphatic heterocycles. The number of hydrazine groups is 1. The van der Waals surface area contributed by atoms with Gasteiger partial charge in [0.1, 0.15) is 0 Å². The van der Waals surface area contributed by atoms with Crippen molar-refractivity contribution in [2.75, 3.05) is 0 Å². The highest BCUT2D eigenvalue weighted by atomic mass is 15.3.